The van der Waals surface area contributed by atoms with Crippen molar-refractivity contribution >= 4 is 5.91 Å². The maximum Gasteiger partial charge on any atom is 0.248 e. The van der Waals surface area contributed by atoms with Crippen molar-refractivity contribution in [2.75, 3.05) is 13.7 Å². The van der Waals surface area contributed by atoms with Gasteiger partial charge in [0.25, 0.3) is 0 Å². The van der Waals surface area contributed by atoms with E-state index in [-0.39, 0.29) is 24.7 Å². The second-order valence-electron chi connectivity index (χ2n) is 5.03. The summed E-state index contributed by atoms with van der Waals surface area (Å²) in [4.78, 5) is 13.5. The average Bonchev–Trinajstić information content (AvgIpc) is 3.10. The fraction of sp³-hybridized carbons (Fsp3) is 0.917. The van der Waals surface area contributed by atoms with Gasteiger partial charge in [-0.05, 0) is 25.7 Å². The van der Waals surface area contributed by atoms with Gasteiger partial charge in [-0.1, -0.05) is 12.8 Å². The maximum atomic E-state index is 11.7. The normalized spacial score (nSPS) is 30.1. The lowest BCUT2D eigenvalue weighted by molar-refractivity contribution is -0.138. The van der Waals surface area contributed by atoms with Crippen molar-refractivity contribution in [2.24, 2.45) is 5.73 Å². The zero-order valence-corrected chi connectivity index (χ0v) is 10.0. The number of hydrogen-bond donors (Lipinski definition) is 1. The number of hydrogen-bond acceptors (Lipinski definition) is 3. The van der Waals surface area contributed by atoms with Crippen LogP contribution in [0.15, 0.2) is 0 Å². The molecule has 0 saturated heterocycles. The largest absolute Gasteiger partial charge is 0.367 e. The number of nitrogens with zero attached hydrogens (tertiary/aromatic N) is 1. The van der Waals surface area contributed by atoms with Gasteiger partial charge in [0.05, 0.1) is 6.10 Å². The van der Waals surface area contributed by atoms with Gasteiger partial charge in [0, 0.05) is 19.1 Å². The molecule has 2 atom stereocenters. The van der Waals surface area contributed by atoms with Crippen molar-refractivity contribution in [1.29, 1.82) is 0 Å². The Morgan fingerprint density at radius 2 is 2.00 bits per heavy atom. The number of nitrogens with two attached hydrogens (primary N) is 1. The number of ether oxygens (including phenoxy) is 1. The lowest BCUT2D eigenvalue weighted by atomic mass is 9.93. The van der Waals surface area contributed by atoms with E-state index in [0.717, 1.165) is 25.7 Å². The first-order valence-corrected chi connectivity index (χ1v) is 6.31. The molecular weight excluding hydrogens is 204 g/mol. The predicted molar refractivity (Wildman–Crippen MR) is 62.0 cm³/mol. The van der Waals surface area contributed by atoms with Crippen LogP contribution >= 0.6 is 0 Å². The Kier molecular flexibility index (Phi) is 3.82. The summed E-state index contributed by atoms with van der Waals surface area (Å²) in [5.41, 5.74) is 5.96. The molecule has 0 spiro atoms. The van der Waals surface area contributed by atoms with Crippen molar-refractivity contribution in [3.8, 4) is 0 Å². The quantitative estimate of drug-likeness (QED) is 0.774. The van der Waals surface area contributed by atoms with Crippen LogP contribution in [0, 0.1) is 0 Å². The molecule has 4 heteroatoms. The lowest BCUT2D eigenvalue weighted by Crippen LogP contribution is -2.42. The highest BCUT2D eigenvalue weighted by Gasteiger charge is 2.30. The Morgan fingerprint density at radius 3 is 2.62 bits per heavy atom. The standard InChI is InChI=1S/C12H22N2O2/c1-14(9-6-7-9)12(15)8-16-11-5-3-2-4-10(11)13/h9-11H,2-8,13H2,1H3. The van der Waals surface area contributed by atoms with Crippen molar-refractivity contribution in [2.45, 2.75) is 56.7 Å². The van der Waals surface area contributed by atoms with Crippen LogP contribution in [0.5, 0.6) is 0 Å². The Hall–Kier alpha value is -0.610. The molecule has 1 amide bonds. The summed E-state index contributed by atoms with van der Waals surface area (Å²) in [6.07, 6.45) is 6.77. The third-order valence-corrected chi connectivity index (χ3v) is 3.66. The van der Waals surface area contributed by atoms with Crippen LogP contribution in [0.3, 0.4) is 0 Å². The van der Waals surface area contributed by atoms with Gasteiger partial charge in [-0.15, -0.1) is 0 Å². The van der Waals surface area contributed by atoms with Crippen LogP contribution in [0.4, 0.5) is 0 Å². The minimum absolute atomic E-state index is 0.0882. The van der Waals surface area contributed by atoms with E-state index in [1.165, 1.54) is 12.8 Å². The molecule has 2 N–H and O–H groups in total. The molecule has 2 fully saturated rings. The maximum absolute atomic E-state index is 11.7. The second-order valence-corrected chi connectivity index (χ2v) is 5.03. The van der Waals surface area contributed by atoms with Gasteiger partial charge in [-0.3, -0.25) is 4.79 Å². The fourth-order valence-electron chi connectivity index (χ4n) is 2.28. The van der Waals surface area contributed by atoms with Crippen molar-refractivity contribution in [1.82, 2.24) is 4.90 Å². The molecule has 0 aromatic heterocycles. The smallest absolute Gasteiger partial charge is 0.248 e. The average molecular weight is 226 g/mol. The molecular formula is C12H22N2O2. The summed E-state index contributed by atoms with van der Waals surface area (Å²) in [5.74, 6) is 0.0975. The van der Waals surface area contributed by atoms with E-state index in [9.17, 15) is 4.79 Å². The molecule has 2 aliphatic rings. The van der Waals surface area contributed by atoms with E-state index in [1.807, 2.05) is 11.9 Å². The lowest BCUT2D eigenvalue weighted by Gasteiger charge is -2.29. The summed E-state index contributed by atoms with van der Waals surface area (Å²) in [6.45, 7) is 0.200. The van der Waals surface area contributed by atoms with Gasteiger partial charge >= 0.3 is 0 Å². The highest BCUT2D eigenvalue weighted by atomic mass is 16.5. The highest BCUT2D eigenvalue weighted by molar-refractivity contribution is 5.77. The van der Waals surface area contributed by atoms with Crippen LogP contribution in [-0.2, 0) is 9.53 Å². The van der Waals surface area contributed by atoms with Crippen LogP contribution in [-0.4, -0.2) is 42.6 Å². The van der Waals surface area contributed by atoms with E-state index in [0.29, 0.717) is 6.04 Å². The zero-order valence-electron chi connectivity index (χ0n) is 10.0. The second kappa shape index (κ2) is 5.15. The van der Waals surface area contributed by atoms with E-state index >= 15 is 0 Å². The predicted octanol–water partition coefficient (Wildman–Crippen LogP) is 0.894. The molecule has 0 aromatic rings. The first-order chi connectivity index (χ1) is 7.68. The van der Waals surface area contributed by atoms with E-state index in [1.54, 1.807) is 0 Å². The van der Waals surface area contributed by atoms with E-state index in [4.69, 9.17) is 10.5 Å². The van der Waals surface area contributed by atoms with Crippen molar-refractivity contribution < 1.29 is 9.53 Å². The van der Waals surface area contributed by atoms with E-state index < -0.39 is 0 Å². The topological polar surface area (TPSA) is 55.6 Å². The molecule has 0 heterocycles. The summed E-state index contributed by atoms with van der Waals surface area (Å²) in [5, 5.41) is 0. The van der Waals surface area contributed by atoms with Gasteiger partial charge in [0.15, 0.2) is 0 Å². The first-order valence-electron chi connectivity index (χ1n) is 6.31. The van der Waals surface area contributed by atoms with Gasteiger partial charge in [-0.2, -0.15) is 0 Å². The van der Waals surface area contributed by atoms with Crippen LogP contribution < -0.4 is 5.73 Å². The Morgan fingerprint density at radius 1 is 1.31 bits per heavy atom. The van der Waals surface area contributed by atoms with Crippen LogP contribution in [0.25, 0.3) is 0 Å². The number of likely N-dealkylation sites (N-methyl/N-ethyl adjacent to an activating group) is 1. The molecule has 0 radical (unpaired) electrons. The fourth-order valence-corrected chi connectivity index (χ4v) is 2.28. The molecule has 2 unspecified atom stereocenters. The molecule has 2 rings (SSSR count). The SMILES string of the molecule is CN(C(=O)COC1CCCCC1N)C1CC1. The third kappa shape index (κ3) is 2.95. The summed E-state index contributed by atoms with van der Waals surface area (Å²) < 4.78 is 5.64. The zero-order chi connectivity index (χ0) is 11.5. The molecule has 4 nitrogen and oxygen atoms in total. The van der Waals surface area contributed by atoms with E-state index in [2.05, 4.69) is 0 Å². The number of carbonyl (C=O) groups excluding carboxylic acids is 1. The Bertz CT molecular complexity index is 253. The Labute approximate surface area is 97.1 Å². The molecule has 2 aliphatic carbocycles. The minimum atomic E-state index is 0.0882. The van der Waals surface area contributed by atoms with Gasteiger partial charge in [0.1, 0.15) is 6.61 Å². The van der Waals surface area contributed by atoms with Gasteiger partial charge < -0.3 is 15.4 Å². The molecule has 2 saturated carbocycles. The minimum Gasteiger partial charge on any atom is -0.367 e. The van der Waals surface area contributed by atoms with Gasteiger partial charge in [0.2, 0.25) is 5.91 Å². The van der Waals surface area contributed by atoms with Crippen LogP contribution in [0.2, 0.25) is 0 Å². The summed E-state index contributed by atoms with van der Waals surface area (Å²) >= 11 is 0. The number of carbonyl (C=O) groups is 1. The van der Waals surface area contributed by atoms with Gasteiger partial charge in [-0.25, -0.2) is 0 Å². The van der Waals surface area contributed by atoms with Crippen molar-refractivity contribution in [3.05, 3.63) is 0 Å². The molecule has 0 bridgehead atoms. The number of rotatable bonds is 4. The molecule has 0 aliphatic heterocycles. The molecule has 0 aromatic carbocycles. The number of amides is 1. The molecule has 16 heavy (non-hydrogen) atoms. The Balaban J connectivity index is 1.71. The van der Waals surface area contributed by atoms with Crippen molar-refractivity contribution in [3.63, 3.8) is 0 Å². The first kappa shape index (κ1) is 11.9. The monoisotopic (exact) mass is 226 g/mol. The van der Waals surface area contributed by atoms with Crippen LogP contribution in [0.1, 0.15) is 38.5 Å². The highest BCUT2D eigenvalue weighted by Crippen LogP contribution is 2.25. The molecule has 92 valence electrons. The summed E-state index contributed by atoms with van der Waals surface area (Å²) in [6, 6.07) is 0.587. The third-order valence-electron chi connectivity index (χ3n) is 3.66. The summed E-state index contributed by atoms with van der Waals surface area (Å²) in [7, 11) is 1.87.